The van der Waals surface area contributed by atoms with Gasteiger partial charge in [0.05, 0.1) is 0 Å². The van der Waals surface area contributed by atoms with Crippen molar-refractivity contribution in [2.24, 2.45) is 0 Å². The minimum absolute atomic E-state index is 0.648. The largest absolute Gasteiger partial charge is 0.103 e. The number of benzene rings is 1. The molecule has 1 aromatic rings. The molecular weight excluding hydrogens is 168 g/mol. The highest BCUT2D eigenvalue weighted by atomic mass is 14.1. The van der Waals surface area contributed by atoms with Gasteiger partial charge in [0.15, 0.2) is 0 Å². The van der Waals surface area contributed by atoms with Crippen molar-refractivity contribution in [3.8, 4) is 0 Å². The lowest BCUT2D eigenvalue weighted by Crippen LogP contribution is -1.93. The Bertz CT molecular complexity index is 282. The lowest BCUT2D eigenvalue weighted by Gasteiger charge is -2.10. The van der Waals surface area contributed by atoms with Crippen molar-refractivity contribution < 1.29 is 0 Å². The van der Waals surface area contributed by atoms with Crippen LogP contribution in [0, 0.1) is 13.8 Å². The Hall–Kier alpha value is -1.04. The van der Waals surface area contributed by atoms with E-state index in [0.717, 1.165) is 0 Å². The van der Waals surface area contributed by atoms with Crippen molar-refractivity contribution in [2.75, 3.05) is 0 Å². The maximum atomic E-state index is 3.36. The predicted octanol–water partition coefficient (Wildman–Crippen LogP) is 4.62. The number of allylic oxidation sites excluding steroid dienone is 1. The van der Waals surface area contributed by atoms with E-state index in [4.69, 9.17) is 0 Å². The average molecular weight is 190 g/mol. The Balaban J connectivity index is 0.000000500. The molecule has 78 valence electrons. The van der Waals surface area contributed by atoms with E-state index in [2.05, 4.69) is 52.5 Å². The summed E-state index contributed by atoms with van der Waals surface area (Å²) in [7, 11) is 0. The molecule has 0 amide bonds. The Kier molecular flexibility index (Phi) is 5.94. The van der Waals surface area contributed by atoms with Crippen molar-refractivity contribution in [1.29, 1.82) is 0 Å². The SMILES string of the molecule is C=CC.Cc1cccc(C(C)C)c1C. The number of aryl methyl sites for hydroxylation is 1. The zero-order valence-corrected chi connectivity index (χ0v) is 10.1. The summed E-state index contributed by atoms with van der Waals surface area (Å²) in [6.45, 7) is 14.1. The van der Waals surface area contributed by atoms with E-state index in [-0.39, 0.29) is 0 Å². The zero-order valence-electron chi connectivity index (χ0n) is 10.1. The minimum atomic E-state index is 0.648. The van der Waals surface area contributed by atoms with Gasteiger partial charge in [-0.05, 0) is 43.4 Å². The van der Waals surface area contributed by atoms with Gasteiger partial charge in [0.1, 0.15) is 0 Å². The van der Waals surface area contributed by atoms with Gasteiger partial charge in [-0.15, -0.1) is 6.58 Å². The molecule has 0 radical (unpaired) electrons. The smallest absolute Gasteiger partial charge is 0.0216 e. The van der Waals surface area contributed by atoms with E-state index in [1.807, 2.05) is 6.92 Å². The third kappa shape index (κ3) is 3.78. The maximum absolute atomic E-state index is 3.36. The number of hydrogen-bond acceptors (Lipinski definition) is 0. The normalized spacial score (nSPS) is 9.29. The topological polar surface area (TPSA) is 0 Å². The molecule has 0 nitrogen and oxygen atoms in total. The van der Waals surface area contributed by atoms with Crippen LogP contribution in [0.25, 0.3) is 0 Å². The first-order valence-electron chi connectivity index (χ1n) is 5.17. The molecule has 0 atom stereocenters. The van der Waals surface area contributed by atoms with Gasteiger partial charge in [-0.3, -0.25) is 0 Å². The minimum Gasteiger partial charge on any atom is -0.103 e. The molecule has 0 fully saturated rings. The average Bonchev–Trinajstić information content (AvgIpc) is 2.10. The van der Waals surface area contributed by atoms with Gasteiger partial charge < -0.3 is 0 Å². The monoisotopic (exact) mass is 190 g/mol. The molecule has 0 aliphatic rings. The first-order chi connectivity index (χ1) is 6.54. The van der Waals surface area contributed by atoms with Crippen molar-refractivity contribution >= 4 is 0 Å². The second-order valence-electron chi connectivity index (χ2n) is 3.85. The molecule has 0 aliphatic carbocycles. The molecule has 0 saturated carbocycles. The summed E-state index contributed by atoms with van der Waals surface area (Å²) in [5.41, 5.74) is 4.32. The molecule has 0 bridgehead atoms. The zero-order chi connectivity index (χ0) is 11.1. The van der Waals surface area contributed by atoms with Crippen molar-refractivity contribution in [3.05, 3.63) is 47.5 Å². The maximum Gasteiger partial charge on any atom is -0.0216 e. The first-order valence-corrected chi connectivity index (χ1v) is 5.17. The Morgan fingerprint density at radius 2 is 1.71 bits per heavy atom. The summed E-state index contributed by atoms with van der Waals surface area (Å²) in [6.07, 6.45) is 1.75. The van der Waals surface area contributed by atoms with Gasteiger partial charge >= 0.3 is 0 Å². The van der Waals surface area contributed by atoms with Crippen LogP contribution in [0.3, 0.4) is 0 Å². The van der Waals surface area contributed by atoms with Crippen LogP contribution in [-0.4, -0.2) is 0 Å². The van der Waals surface area contributed by atoms with Crippen molar-refractivity contribution in [3.63, 3.8) is 0 Å². The second-order valence-corrected chi connectivity index (χ2v) is 3.85. The predicted molar refractivity (Wildman–Crippen MR) is 65.9 cm³/mol. The van der Waals surface area contributed by atoms with Gasteiger partial charge in [-0.2, -0.15) is 0 Å². The quantitative estimate of drug-likeness (QED) is 0.567. The van der Waals surface area contributed by atoms with Gasteiger partial charge in [-0.25, -0.2) is 0 Å². The highest BCUT2D eigenvalue weighted by Crippen LogP contribution is 2.20. The summed E-state index contributed by atoms with van der Waals surface area (Å²) in [5.74, 6) is 0.648. The Morgan fingerprint density at radius 3 is 2.07 bits per heavy atom. The molecule has 0 N–H and O–H groups in total. The molecule has 0 unspecified atom stereocenters. The summed E-state index contributed by atoms with van der Waals surface area (Å²) in [6, 6.07) is 6.52. The van der Waals surface area contributed by atoms with E-state index in [1.165, 1.54) is 16.7 Å². The molecule has 14 heavy (non-hydrogen) atoms. The summed E-state index contributed by atoms with van der Waals surface area (Å²) < 4.78 is 0. The highest BCUT2D eigenvalue weighted by molar-refractivity contribution is 5.34. The standard InChI is InChI=1S/C11H16.C3H6/c1-8(2)11-7-5-6-9(3)10(11)4;1-3-2/h5-8H,1-4H3;3H,1H2,2H3. The lowest BCUT2D eigenvalue weighted by atomic mass is 9.95. The van der Waals surface area contributed by atoms with Crippen LogP contribution in [0.4, 0.5) is 0 Å². The molecule has 1 aromatic carbocycles. The number of hydrogen-bond donors (Lipinski definition) is 0. The molecule has 0 aromatic heterocycles. The molecule has 0 heterocycles. The summed E-state index contributed by atoms with van der Waals surface area (Å²) >= 11 is 0. The van der Waals surface area contributed by atoms with E-state index in [1.54, 1.807) is 6.08 Å². The van der Waals surface area contributed by atoms with Gasteiger partial charge in [0.25, 0.3) is 0 Å². The van der Waals surface area contributed by atoms with Crippen LogP contribution in [0.1, 0.15) is 43.4 Å². The first kappa shape index (κ1) is 13.0. The van der Waals surface area contributed by atoms with Gasteiger partial charge in [0, 0.05) is 0 Å². The van der Waals surface area contributed by atoms with Crippen LogP contribution in [0.2, 0.25) is 0 Å². The third-order valence-corrected chi connectivity index (χ3v) is 2.27. The molecule has 0 saturated heterocycles. The van der Waals surface area contributed by atoms with Crippen LogP contribution >= 0.6 is 0 Å². The van der Waals surface area contributed by atoms with Gasteiger partial charge in [0.2, 0.25) is 0 Å². The second kappa shape index (κ2) is 6.42. The molecule has 0 spiro atoms. The van der Waals surface area contributed by atoms with Crippen LogP contribution < -0.4 is 0 Å². The summed E-state index contributed by atoms with van der Waals surface area (Å²) in [4.78, 5) is 0. The Morgan fingerprint density at radius 1 is 1.21 bits per heavy atom. The fourth-order valence-corrected chi connectivity index (χ4v) is 1.40. The molecule has 1 rings (SSSR count). The molecule has 0 aliphatic heterocycles. The van der Waals surface area contributed by atoms with Crippen molar-refractivity contribution in [2.45, 2.75) is 40.5 Å². The van der Waals surface area contributed by atoms with Crippen LogP contribution in [0.5, 0.6) is 0 Å². The van der Waals surface area contributed by atoms with E-state index in [9.17, 15) is 0 Å². The number of rotatable bonds is 1. The highest BCUT2D eigenvalue weighted by Gasteiger charge is 2.03. The van der Waals surface area contributed by atoms with Crippen molar-refractivity contribution in [1.82, 2.24) is 0 Å². The van der Waals surface area contributed by atoms with E-state index in [0.29, 0.717) is 5.92 Å². The van der Waals surface area contributed by atoms with Crippen LogP contribution in [-0.2, 0) is 0 Å². The summed E-state index contributed by atoms with van der Waals surface area (Å²) in [5, 5.41) is 0. The molecule has 0 heteroatoms. The third-order valence-electron chi connectivity index (χ3n) is 2.27. The van der Waals surface area contributed by atoms with Crippen LogP contribution in [0.15, 0.2) is 30.9 Å². The fraction of sp³-hybridized carbons (Fsp3) is 0.429. The van der Waals surface area contributed by atoms with E-state index >= 15 is 0 Å². The van der Waals surface area contributed by atoms with E-state index < -0.39 is 0 Å². The fourth-order valence-electron chi connectivity index (χ4n) is 1.40. The van der Waals surface area contributed by atoms with Gasteiger partial charge in [-0.1, -0.05) is 38.1 Å². The molecular formula is C14H22. The Labute approximate surface area is 88.7 Å². The lowest BCUT2D eigenvalue weighted by molar-refractivity contribution is 0.854.